The molecule has 2 aromatic rings. The second-order valence-electron chi connectivity index (χ2n) is 6.11. The molecule has 0 heterocycles. The topological polar surface area (TPSA) is 75.7 Å². The summed E-state index contributed by atoms with van der Waals surface area (Å²) in [6.45, 7) is 2.34. The van der Waals surface area contributed by atoms with E-state index in [2.05, 4.69) is 5.32 Å². The Labute approximate surface area is 154 Å². The normalized spacial score (nSPS) is 11.4. The van der Waals surface area contributed by atoms with E-state index in [0.29, 0.717) is 11.4 Å². The number of nitrogens with one attached hydrogen (secondary N) is 1. The number of nitrogens with zero attached hydrogens (tertiary/aromatic N) is 1. The van der Waals surface area contributed by atoms with Crippen LogP contribution in [0.3, 0.4) is 0 Å². The first-order chi connectivity index (χ1) is 12.3. The van der Waals surface area contributed by atoms with Crippen LogP contribution in [-0.4, -0.2) is 38.5 Å². The molecule has 0 aliphatic carbocycles. The zero-order chi connectivity index (χ0) is 19.2. The van der Waals surface area contributed by atoms with Crippen LogP contribution in [0.5, 0.6) is 5.75 Å². The van der Waals surface area contributed by atoms with E-state index in [1.807, 2.05) is 31.2 Å². The van der Waals surface area contributed by atoms with Gasteiger partial charge in [0.25, 0.3) is 0 Å². The van der Waals surface area contributed by atoms with Gasteiger partial charge >= 0.3 is 0 Å². The van der Waals surface area contributed by atoms with Crippen molar-refractivity contribution < 1.29 is 17.9 Å². The van der Waals surface area contributed by atoms with Gasteiger partial charge in [0.2, 0.25) is 15.9 Å². The Bertz CT molecular complexity index is 831. The highest BCUT2D eigenvalue weighted by molar-refractivity contribution is 7.88. The van der Waals surface area contributed by atoms with Crippen LogP contribution >= 0.6 is 0 Å². The molecule has 0 radical (unpaired) electrons. The number of hydrogen-bond acceptors (Lipinski definition) is 4. The Morgan fingerprint density at radius 2 is 1.69 bits per heavy atom. The molecule has 0 saturated heterocycles. The fraction of sp³-hybridized carbons (Fsp3) is 0.316. The summed E-state index contributed by atoms with van der Waals surface area (Å²) in [5.74, 6) is 0.456. The molecule has 140 valence electrons. The van der Waals surface area contributed by atoms with Gasteiger partial charge in [-0.3, -0.25) is 4.79 Å². The molecule has 0 saturated carbocycles. The van der Waals surface area contributed by atoms with Crippen molar-refractivity contribution in [1.29, 1.82) is 0 Å². The molecule has 2 rings (SSSR count). The summed E-state index contributed by atoms with van der Waals surface area (Å²) in [6, 6.07) is 14.6. The van der Waals surface area contributed by atoms with Crippen molar-refractivity contribution in [3.63, 3.8) is 0 Å². The first kappa shape index (κ1) is 19.9. The lowest BCUT2D eigenvalue weighted by atomic mass is 10.1. The first-order valence-corrected chi connectivity index (χ1v) is 10.1. The van der Waals surface area contributed by atoms with Crippen LogP contribution in [0, 0.1) is 6.92 Å². The Balaban J connectivity index is 1.95. The maximum atomic E-state index is 12.1. The second kappa shape index (κ2) is 8.82. The van der Waals surface area contributed by atoms with E-state index in [1.54, 1.807) is 31.4 Å². The summed E-state index contributed by atoms with van der Waals surface area (Å²) in [7, 11) is -1.84. The molecule has 1 N–H and O–H groups in total. The largest absolute Gasteiger partial charge is 0.497 e. The standard InChI is InChI=1S/C19H24N2O4S/c1-15-4-6-16(7-5-15)14-21(26(3,23)24)13-12-19(22)20-17-8-10-18(25-2)11-9-17/h4-11H,12-14H2,1-3H3,(H,20,22). The molecule has 7 heteroatoms. The zero-order valence-electron chi connectivity index (χ0n) is 15.2. The predicted octanol–water partition coefficient (Wildman–Crippen LogP) is 2.79. The highest BCUT2D eigenvalue weighted by atomic mass is 32.2. The van der Waals surface area contributed by atoms with Crippen LogP contribution in [0.25, 0.3) is 0 Å². The molecule has 0 aromatic heterocycles. The summed E-state index contributed by atoms with van der Waals surface area (Å²) < 4.78 is 30.4. The number of anilines is 1. The number of ether oxygens (including phenoxy) is 1. The van der Waals surface area contributed by atoms with E-state index in [0.717, 1.165) is 17.4 Å². The molecule has 0 fully saturated rings. The molecule has 0 unspecified atom stereocenters. The van der Waals surface area contributed by atoms with Crippen LogP contribution in [0.15, 0.2) is 48.5 Å². The molecular weight excluding hydrogens is 352 g/mol. The van der Waals surface area contributed by atoms with Crippen LogP contribution < -0.4 is 10.1 Å². The van der Waals surface area contributed by atoms with Crippen LogP contribution in [0.4, 0.5) is 5.69 Å². The minimum Gasteiger partial charge on any atom is -0.497 e. The molecular formula is C19H24N2O4S. The maximum absolute atomic E-state index is 12.1. The van der Waals surface area contributed by atoms with E-state index in [-0.39, 0.29) is 25.4 Å². The van der Waals surface area contributed by atoms with Crippen molar-refractivity contribution >= 4 is 21.6 Å². The van der Waals surface area contributed by atoms with Gasteiger partial charge in [-0.2, -0.15) is 4.31 Å². The number of amides is 1. The highest BCUT2D eigenvalue weighted by Crippen LogP contribution is 2.15. The van der Waals surface area contributed by atoms with Crippen molar-refractivity contribution in [3.8, 4) is 5.75 Å². The molecule has 0 bridgehead atoms. The van der Waals surface area contributed by atoms with Gasteiger partial charge in [-0.15, -0.1) is 0 Å². The summed E-state index contributed by atoms with van der Waals surface area (Å²) in [5.41, 5.74) is 2.63. The third kappa shape index (κ3) is 6.16. The van der Waals surface area contributed by atoms with E-state index in [9.17, 15) is 13.2 Å². The molecule has 26 heavy (non-hydrogen) atoms. The Hall–Kier alpha value is -2.38. The van der Waals surface area contributed by atoms with Crippen molar-refractivity contribution in [2.75, 3.05) is 25.2 Å². The molecule has 6 nitrogen and oxygen atoms in total. The number of benzene rings is 2. The van der Waals surface area contributed by atoms with Crippen LogP contribution in [0.1, 0.15) is 17.5 Å². The van der Waals surface area contributed by atoms with Gasteiger partial charge in [0.15, 0.2) is 0 Å². The Kier molecular flexibility index (Phi) is 6.76. The van der Waals surface area contributed by atoms with Gasteiger partial charge in [-0.05, 0) is 36.8 Å². The lowest BCUT2D eigenvalue weighted by Gasteiger charge is -2.20. The molecule has 0 aliphatic heterocycles. The van der Waals surface area contributed by atoms with Gasteiger partial charge in [0.05, 0.1) is 13.4 Å². The molecule has 0 atom stereocenters. The third-order valence-corrected chi connectivity index (χ3v) is 5.16. The smallest absolute Gasteiger partial charge is 0.225 e. The van der Waals surface area contributed by atoms with Gasteiger partial charge in [0, 0.05) is 25.2 Å². The fourth-order valence-corrected chi connectivity index (χ4v) is 3.19. The lowest BCUT2D eigenvalue weighted by molar-refractivity contribution is -0.116. The maximum Gasteiger partial charge on any atom is 0.225 e. The van der Waals surface area contributed by atoms with Crippen molar-refractivity contribution in [1.82, 2.24) is 4.31 Å². The SMILES string of the molecule is COc1ccc(NC(=O)CCN(Cc2ccc(C)cc2)S(C)(=O)=O)cc1. The first-order valence-electron chi connectivity index (χ1n) is 8.22. The van der Waals surface area contributed by atoms with E-state index in [1.165, 1.54) is 4.31 Å². The zero-order valence-corrected chi connectivity index (χ0v) is 16.0. The average Bonchev–Trinajstić information content (AvgIpc) is 2.60. The van der Waals surface area contributed by atoms with Crippen molar-refractivity contribution in [3.05, 3.63) is 59.7 Å². The van der Waals surface area contributed by atoms with Gasteiger partial charge < -0.3 is 10.1 Å². The van der Waals surface area contributed by atoms with Gasteiger partial charge in [-0.25, -0.2) is 8.42 Å². The van der Waals surface area contributed by atoms with E-state index >= 15 is 0 Å². The Morgan fingerprint density at radius 1 is 1.08 bits per heavy atom. The Morgan fingerprint density at radius 3 is 2.23 bits per heavy atom. The molecule has 0 aliphatic rings. The number of carbonyl (C=O) groups excluding carboxylic acids is 1. The molecule has 0 spiro atoms. The highest BCUT2D eigenvalue weighted by Gasteiger charge is 2.18. The average molecular weight is 376 g/mol. The summed E-state index contributed by atoms with van der Waals surface area (Å²) in [4.78, 5) is 12.1. The number of methoxy groups -OCH3 is 1. The minimum absolute atomic E-state index is 0.0744. The monoisotopic (exact) mass is 376 g/mol. The number of rotatable bonds is 8. The van der Waals surface area contributed by atoms with Crippen LogP contribution in [0.2, 0.25) is 0 Å². The third-order valence-electron chi connectivity index (χ3n) is 3.91. The van der Waals surface area contributed by atoms with E-state index < -0.39 is 10.0 Å². The lowest BCUT2D eigenvalue weighted by Crippen LogP contribution is -2.32. The number of sulfonamides is 1. The number of aryl methyl sites for hydroxylation is 1. The second-order valence-corrected chi connectivity index (χ2v) is 8.09. The number of hydrogen-bond donors (Lipinski definition) is 1. The summed E-state index contributed by atoms with van der Waals surface area (Å²) in [6.07, 6.45) is 1.23. The quantitative estimate of drug-likeness (QED) is 0.769. The summed E-state index contributed by atoms with van der Waals surface area (Å²) in [5, 5.41) is 2.76. The molecule has 2 aromatic carbocycles. The predicted molar refractivity (Wildman–Crippen MR) is 103 cm³/mol. The molecule has 1 amide bonds. The number of carbonyl (C=O) groups is 1. The van der Waals surface area contributed by atoms with Gasteiger partial charge in [-0.1, -0.05) is 29.8 Å². The van der Waals surface area contributed by atoms with Crippen LogP contribution in [-0.2, 0) is 21.4 Å². The van der Waals surface area contributed by atoms with Crippen molar-refractivity contribution in [2.24, 2.45) is 0 Å². The van der Waals surface area contributed by atoms with Gasteiger partial charge in [0.1, 0.15) is 5.75 Å². The van der Waals surface area contributed by atoms with E-state index in [4.69, 9.17) is 4.74 Å². The summed E-state index contributed by atoms with van der Waals surface area (Å²) >= 11 is 0. The minimum atomic E-state index is -3.41. The van der Waals surface area contributed by atoms with Crippen molar-refractivity contribution in [2.45, 2.75) is 19.9 Å². The fourth-order valence-electron chi connectivity index (χ4n) is 2.38.